The van der Waals surface area contributed by atoms with Crippen LogP contribution in [0.2, 0.25) is 5.02 Å². The van der Waals surface area contributed by atoms with Crippen molar-refractivity contribution in [2.24, 2.45) is 0 Å². The van der Waals surface area contributed by atoms with Crippen molar-refractivity contribution in [3.8, 4) is 11.5 Å². The number of likely N-dealkylation sites (N-methyl/N-ethyl adjacent to an activating group) is 1. The first-order valence-electron chi connectivity index (χ1n) is 9.28. The van der Waals surface area contributed by atoms with Crippen molar-refractivity contribution in [2.75, 3.05) is 44.1 Å². The molecule has 0 bridgehead atoms. The molecule has 0 atom stereocenters. The number of hydrogen-bond donors (Lipinski definition) is 1. The highest BCUT2D eigenvalue weighted by Crippen LogP contribution is 2.31. The highest BCUT2D eigenvalue weighted by molar-refractivity contribution is 6.31. The number of rotatable bonds is 7. The number of halogens is 1. The molecule has 1 heterocycles. The summed E-state index contributed by atoms with van der Waals surface area (Å²) in [6.45, 7) is -0.0147. The number of nitrogens with zero attached hydrogens (tertiary/aromatic N) is 2. The molecule has 1 aliphatic heterocycles. The maximum atomic E-state index is 12.5. The van der Waals surface area contributed by atoms with Crippen LogP contribution >= 0.6 is 11.6 Å². The molecule has 1 N–H and O–H groups in total. The number of amides is 3. The summed E-state index contributed by atoms with van der Waals surface area (Å²) in [7, 11) is 3.02. The summed E-state index contributed by atoms with van der Waals surface area (Å²) >= 11 is 5.96. The van der Waals surface area contributed by atoms with Gasteiger partial charge in [-0.25, -0.2) is 0 Å². The summed E-state index contributed by atoms with van der Waals surface area (Å²) in [5, 5.41) is 3.14. The van der Waals surface area contributed by atoms with Crippen LogP contribution < -0.4 is 19.7 Å². The number of para-hydroxylation sites is 2. The van der Waals surface area contributed by atoms with E-state index in [-0.39, 0.29) is 43.8 Å². The first kappa shape index (κ1) is 21.4. The number of benzene rings is 2. The largest absolute Gasteiger partial charge is 0.495 e. The lowest BCUT2D eigenvalue weighted by molar-refractivity contribution is -0.133. The lowest BCUT2D eigenvalue weighted by Gasteiger charge is -2.29. The molecule has 2 aromatic carbocycles. The fourth-order valence-electron chi connectivity index (χ4n) is 3.07. The van der Waals surface area contributed by atoms with Crippen molar-refractivity contribution in [2.45, 2.75) is 6.42 Å². The van der Waals surface area contributed by atoms with E-state index in [1.165, 1.54) is 24.0 Å². The third kappa shape index (κ3) is 5.01. The minimum atomic E-state index is -0.390. The van der Waals surface area contributed by atoms with Gasteiger partial charge in [0.25, 0.3) is 5.91 Å². The molecule has 3 rings (SSSR count). The summed E-state index contributed by atoms with van der Waals surface area (Å²) in [4.78, 5) is 39.9. The fraction of sp³-hybridized carbons (Fsp3) is 0.286. The van der Waals surface area contributed by atoms with Crippen molar-refractivity contribution in [1.29, 1.82) is 0 Å². The lowest BCUT2D eigenvalue weighted by Crippen LogP contribution is -2.42. The normalized spacial score (nSPS) is 12.6. The maximum absolute atomic E-state index is 12.5. The van der Waals surface area contributed by atoms with Crippen molar-refractivity contribution in [1.82, 2.24) is 4.90 Å². The molecule has 0 aromatic heterocycles. The average Bonchev–Trinajstić information content (AvgIpc) is 2.72. The predicted molar refractivity (Wildman–Crippen MR) is 113 cm³/mol. The zero-order valence-corrected chi connectivity index (χ0v) is 17.4. The van der Waals surface area contributed by atoms with E-state index in [1.54, 1.807) is 36.4 Å². The van der Waals surface area contributed by atoms with Gasteiger partial charge >= 0.3 is 0 Å². The molecule has 158 valence electrons. The number of hydrogen-bond acceptors (Lipinski definition) is 5. The summed E-state index contributed by atoms with van der Waals surface area (Å²) in [6, 6.07) is 12.0. The SMILES string of the molecule is COc1ccc(Cl)cc1NC(=O)CN(C)C(=O)CCN1C(=O)COc2ccccc21. The minimum Gasteiger partial charge on any atom is -0.495 e. The second-order valence-electron chi connectivity index (χ2n) is 6.69. The van der Waals surface area contributed by atoms with Gasteiger partial charge < -0.3 is 24.6 Å². The quantitative estimate of drug-likeness (QED) is 0.727. The molecule has 2 aromatic rings. The molecule has 1 aliphatic rings. The van der Waals surface area contributed by atoms with Gasteiger partial charge in [0.05, 0.1) is 25.0 Å². The third-order valence-electron chi connectivity index (χ3n) is 4.60. The number of carbonyl (C=O) groups excluding carboxylic acids is 3. The Morgan fingerprint density at radius 2 is 2.03 bits per heavy atom. The monoisotopic (exact) mass is 431 g/mol. The molecule has 0 radical (unpaired) electrons. The van der Waals surface area contributed by atoms with E-state index in [0.717, 1.165) is 0 Å². The van der Waals surface area contributed by atoms with Crippen molar-refractivity contribution < 1.29 is 23.9 Å². The van der Waals surface area contributed by atoms with Gasteiger partial charge in [0, 0.05) is 25.0 Å². The lowest BCUT2D eigenvalue weighted by atomic mass is 10.2. The Labute approximate surface area is 179 Å². The number of ether oxygens (including phenoxy) is 2. The van der Waals surface area contributed by atoms with E-state index in [2.05, 4.69) is 5.32 Å². The van der Waals surface area contributed by atoms with E-state index in [0.29, 0.717) is 27.9 Å². The molecule has 0 saturated carbocycles. The maximum Gasteiger partial charge on any atom is 0.265 e. The molecule has 0 saturated heterocycles. The van der Waals surface area contributed by atoms with Gasteiger partial charge in [0.2, 0.25) is 11.8 Å². The first-order valence-corrected chi connectivity index (χ1v) is 9.66. The Balaban J connectivity index is 1.56. The van der Waals surface area contributed by atoms with Gasteiger partial charge in [-0.15, -0.1) is 0 Å². The standard InChI is InChI=1S/C21H22ClN3O5/c1-24(12-19(26)23-15-11-14(22)7-8-17(15)29-2)20(27)9-10-25-16-5-3-4-6-18(16)30-13-21(25)28/h3-8,11H,9-10,12-13H2,1-2H3,(H,23,26). The van der Waals surface area contributed by atoms with E-state index >= 15 is 0 Å². The zero-order valence-electron chi connectivity index (χ0n) is 16.7. The van der Waals surface area contributed by atoms with Crippen LogP contribution in [0.1, 0.15) is 6.42 Å². The summed E-state index contributed by atoms with van der Waals surface area (Å²) in [5.74, 6) is 0.202. The number of anilines is 2. The van der Waals surface area contributed by atoms with Crippen LogP contribution in [0.4, 0.5) is 11.4 Å². The molecule has 8 nitrogen and oxygen atoms in total. The van der Waals surface area contributed by atoms with Crippen LogP contribution in [0.25, 0.3) is 0 Å². The average molecular weight is 432 g/mol. The smallest absolute Gasteiger partial charge is 0.265 e. The number of nitrogens with one attached hydrogen (secondary N) is 1. The molecule has 9 heteroatoms. The number of fused-ring (bicyclic) bond motifs is 1. The first-order chi connectivity index (χ1) is 14.4. The predicted octanol–water partition coefficient (Wildman–Crippen LogP) is 2.56. The molecular formula is C21H22ClN3O5. The second kappa shape index (κ2) is 9.49. The second-order valence-corrected chi connectivity index (χ2v) is 7.13. The van der Waals surface area contributed by atoms with Crippen LogP contribution in [0, 0.1) is 0 Å². The Bertz CT molecular complexity index is 965. The van der Waals surface area contributed by atoms with Gasteiger partial charge in [-0.3, -0.25) is 14.4 Å². The minimum absolute atomic E-state index is 0.0646. The van der Waals surface area contributed by atoms with Crippen LogP contribution in [-0.4, -0.2) is 56.5 Å². The van der Waals surface area contributed by atoms with Crippen molar-refractivity contribution >= 4 is 40.7 Å². The molecule has 0 spiro atoms. The van der Waals surface area contributed by atoms with E-state index < -0.39 is 0 Å². The Kier molecular flexibility index (Phi) is 6.79. The van der Waals surface area contributed by atoms with Crippen LogP contribution in [0.5, 0.6) is 11.5 Å². The number of methoxy groups -OCH3 is 1. The Morgan fingerprint density at radius 3 is 2.80 bits per heavy atom. The molecular weight excluding hydrogens is 410 g/mol. The highest BCUT2D eigenvalue weighted by Gasteiger charge is 2.26. The van der Waals surface area contributed by atoms with Gasteiger partial charge in [-0.05, 0) is 30.3 Å². The molecule has 0 aliphatic carbocycles. The van der Waals surface area contributed by atoms with E-state index in [9.17, 15) is 14.4 Å². The Hall–Kier alpha value is -3.26. The molecule has 0 fully saturated rings. The number of carbonyl (C=O) groups is 3. The summed E-state index contributed by atoms with van der Waals surface area (Å²) in [5.41, 5.74) is 1.06. The molecule has 30 heavy (non-hydrogen) atoms. The summed E-state index contributed by atoms with van der Waals surface area (Å²) < 4.78 is 10.6. The van der Waals surface area contributed by atoms with Gasteiger partial charge in [0.15, 0.2) is 6.61 Å². The van der Waals surface area contributed by atoms with Crippen molar-refractivity contribution in [3.05, 3.63) is 47.5 Å². The molecule has 3 amide bonds. The third-order valence-corrected chi connectivity index (χ3v) is 4.83. The fourth-order valence-corrected chi connectivity index (χ4v) is 3.24. The van der Waals surface area contributed by atoms with Gasteiger partial charge in [-0.2, -0.15) is 0 Å². The Morgan fingerprint density at radius 1 is 1.27 bits per heavy atom. The van der Waals surface area contributed by atoms with Crippen LogP contribution in [0.15, 0.2) is 42.5 Å². The van der Waals surface area contributed by atoms with E-state index in [4.69, 9.17) is 21.1 Å². The van der Waals surface area contributed by atoms with E-state index in [1.807, 2.05) is 6.07 Å². The summed E-state index contributed by atoms with van der Waals surface area (Å²) in [6.07, 6.45) is 0.0738. The van der Waals surface area contributed by atoms with Crippen LogP contribution in [-0.2, 0) is 14.4 Å². The van der Waals surface area contributed by atoms with Gasteiger partial charge in [-0.1, -0.05) is 23.7 Å². The van der Waals surface area contributed by atoms with Crippen molar-refractivity contribution in [3.63, 3.8) is 0 Å². The molecule has 0 unspecified atom stereocenters. The van der Waals surface area contributed by atoms with Crippen LogP contribution in [0.3, 0.4) is 0 Å². The topological polar surface area (TPSA) is 88.2 Å². The highest BCUT2D eigenvalue weighted by atomic mass is 35.5. The van der Waals surface area contributed by atoms with Gasteiger partial charge in [0.1, 0.15) is 11.5 Å². The zero-order chi connectivity index (χ0) is 21.7.